The van der Waals surface area contributed by atoms with E-state index in [1.165, 1.54) is 32.1 Å². The van der Waals surface area contributed by atoms with Gasteiger partial charge in [0.15, 0.2) is 0 Å². The second-order valence-corrected chi connectivity index (χ2v) is 7.29. The Hall–Kier alpha value is -1.06. The molecule has 4 heteroatoms. The highest BCUT2D eigenvalue weighted by Gasteiger charge is 2.31. The summed E-state index contributed by atoms with van der Waals surface area (Å²) >= 11 is 0. The van der Waals surface area contributed by atoms with Crippen LogP contribution >= 0.6 is 0 Å². The molecular formula is C20H36O4. The lowest BCUT2D eigenvalue weighted by molar-refractivity contribution is -0.158. The quantitative estimate of drug-likeness (QED) is 0.385. The molecule has 0 amide bonds. The fourth-order valence-electron chi connectivity index (χ4n) is 3.57. The molecule has 1 aliphatic carbocycles. The number of hydrogen-bond donors (Lipinski definition) is 1. The Labute approximate surface area is 147 Å². The van der Waals surface area contributed by atoms with E-state index in [4.69, 9.17) is 9.84 Å². The van der Waals surface area contributed by atoms with Crippen molar-refractivity contribution in [3.05, 3.63) is 0 Å². The maximum Gasteiger partial charge on any atom is 0.309 e. The van der Waals surface area contributed by atoms with Crippen molar-refractivity contribution in [2.45, 2.75) is 103 Å². The first-order valence-electron chi connectivity index (χ1n) is 10.0. The molecule has 0 bridgehead atoms. The van der Waals surface area contributed by atoms with Crippen LogP contribution in [0.1, 0.15) is 97.3 Å². The monoisotopic (exact) mass is 340 g/mol. The first-order valence-corrected chi connectivity index (χ1v) is 10.0. The molecule has 1 unspecified atom stereocenters. The lowest BCUT2D eigenvalue weighted by Crippen LogP contribution is -2.29. The minimum atomic E-state index is -0.728. The van der Waals surface area contributed by atoms with E-state index in [0.717, 1.165) is 25.7 Å². The highest BCUT2D eigenvalue weighted by Crippen LogP contribution is 2.30. The summed E-state index contributed by atoms with van der Waals surface area (Å²) in [5, 5.41) is 9.04. The molecule has 1 saturated carbocycles. The zero-order chi connectivity index (χ0) is 17.8. The molecular weight excluding hydrogens is 304 g/mol. The molecule has 0 saturated heterocycles. The van der Waals surface area contributed by atoms with Crippen LogP contribution in [0.4, 0.5) is 0 Å². The van der Waals surface area contributed by atoms with Crippen LogP contribution < -0.4 is 0 Å². The van der Waals surface area contributed by atoms with Crippen molar-refractivity contribution in [3.8, 4) is 0 Å². The first kappa shape index (κ1) is 21.0. The number of carbonyl (C=O) groups excluding carboxylic acids is 1. The lowest BCUT2D eigenvalue weighted by Gasteiger charge is -2.26. The van der Waals surface area contributed by atoms with Crippen molar-refractivity contribution in [2.75, 3.05) is 0 Å². The molecule has 0 aromatic heterocycles. The molecule has 0 heterocycles. The van der Waals surface area contributed by atoms with E-state index in [1.807, 2.05) is 0 Å². The molecule has 1 N–H and O–H groups in total. The van der Waals surface area contributed by atoms with Gasteiger partial charge >= 0.3 is 11.9 Å². The van der Waals surface area contributed by atoms with Gasteiger partial charge in [-0.25, -0.2) is 0 Å². The van der Waals surface area contributed by atoms with Crippen LogP contribution in [0.3, 0.4) is 0 Å². The molecule has 1 atom stereocenters. The fourth-order valence-corrected chi connectivity index (χ4v) is 3.57. The molecule has 1 fully saturated rings. The SMILES string of the molecule is CCCCCCCCC(CCC)OC(=O)C1CCC(C(=O)O)CC1. The number of aliphatic carboxylic acids is 1. The van der Waals surface area contributed by atoms with E-state index in [2.05, 4.69) is 13.8 Å². The second kappa shape index (κ2) is 12.3. The molecule has 1 aliphatic rings. The molecule has 0 spiro atoms. The Morgan fingerprint density at radius 3 is 2.04 bits per heavy atom. The van der Waals surface area contributed by atoms with E-state index in [1.54, 1.807) is 0 Å². The van der Waals surface area contributed by atoms with Gasteiger partial charge in [0.05, 0.1) is 11.8 Å². The predicted octanol–water partition coefficient (Wildman–Crippen LogP) is 5.34. The Morgan fingerprint density at radius 2 is 1.46 bits per heavy atom. The van der Waals surface area contributed by atoms with Gasteiger partial charge < -0.3 is 9.84 Å². The Balaban J connectivity index is 2.28. The normalized spacial score (nSPS) is 22.1. The number of hydrogen-bond acceptors (Lipinski definition) is 3. The number of unbranched alkanes of at least 4 members (excludes halogenated alkanes) is 5. The van der Waals surface area contributed by atoms with Gasteiger partial charge in [0.25, 0.3) is 0 Å². The third kappa shape index (κ3) is 8.16. The average Bonchev–Trinajstić information content (AvgIpc) is 2.58. The molecule has 0 aromatic carbocycles. The Bertz CT molecular complexity index is 359. The zero-order valence-corrected chi connectivity index (χ0v) is 15.6. The van der Waals surface area contributed by atoms with Crippen LogP contribution in [0.15, 0.2) is 0 Å². The van der Waals surface area contributed by atoms with E-state index < -0.39 is 5.97 Å². The van der Waals surface area contributed by atoms with Crippen molar-refractivity contribution in [1.29, 1.82) is 0 Å². The highest BCUT2D eigenvalue weighted by molar-refractivity contribution is 5.74. The molecule has 1 rings (SSSR count). The van der Waals surface area contributed by atoms with Crippen molar-refractivity contribution < 1.29 is 19.4 Å². The van der Waals surface area contributed by atoms with E-state index in [9.17, 15) is 9.59 Å². The maximum absolute atomic E-state index is 12.4. The second-order valence-electron chi connectivity index (χ2n) is 7.29. The van der Waals surface area contributed by atoms with Gasteiger partial charge in [0.1, 0.15) is 6.10 Å². The number of carboxylic acid groups (broad SMARTS) is 1. The number of ether oxygens (including phenoxy) is 1. The van der Waals surface area contributed by atoms with Gasteiger partial charge in [-0.05, 0) is 44.9 Å². The Morgan fingerprint density at radius 1 is 0.875 bits per heavy atom. The Kier molecular flexibility index (Phi) is 10.8. The van der Waals surface area contributed by atoms with Crippen molar-refractivity contribution in [3.63, 3.8) is 0 Å². The van der Waals surface area contributed by atoms with Crippen LogP contribution in [0.5, 0.6) is 0 Å². The van der Waals surface area contributed by atoms with Gasteiger partial charge in [-0.3, -0.25) is 9.59 Å². The van der Waals surface area contributed by atoms with E-state index >= 15 is 0 Å². The van der Waals surface area contributed by atoms with Crippen LogP contribution in [-0.4, -0.2) is 23.1 Å². The number of carboxylic acids is 1. The van der Waals surface area contributed by atoms with Crippen molar-refractivity contribution in [1.82, 2.24) is 0 Å². The number of esters is 1. The number of carbonyl (C=O) groups is 2. The third-order valence-corrected chi connectivity index (χ3v) is 5.18. The van der Waals surface area contributed by atoms with Crippen LogP contribution in [0.25, 0.3) is 0 Å². The molecule has 140 valence electrons. The summed E-state index contributed by atoms with van der Waals surface area (Å²) in [5.74, 6) is -1.19. The summed E-state index contributed by atoms with van der Waals surface area (Å²) in [5.41, 5.74) is 0. The van der Waals surface area contributed by atoms with Gasteiger partial charge in [0, 0.05) is 0 Å². The standard InChI is InChI=1S/C20H36O4/c1-3-5-6-7-8-9-11-18(10-4-2)24-20(23)17-14-12-16(13-15-17)19(21)22/h16-18H,3-15H2,1-2H3,(H,21,22). The summed E-state index contributed by atoms with van der Waals surface area (Å²) in [6.07, 6.45) is 13.0. The maximum atomic E-state index is 12.4. The largest absolute Gasteiger partial charge is 0.481 e. The fraction of sp³-hybridized carbons (Fsp3) is 0.900. The smallest absolute Gasteiger partial charge is 0.309 e. The molecule has 0 aromatic rings. The summed E-state index contributed by atoms with van der Waals surface area (Å²) in [4.78, 5) is 23.4. The summed E-state index contributed by atoms with van der Waals surface area (Å²) in [6, 6.07) is 0. The van der Waals surface area contributed by atoms with Gasteiger partial charge in [0.2, 0.25) is 0 Å². The molecule has 24 heavy (non-hydrogen) atoms. The summed E-state index contributed by atoms with van der Waals surface area (Å²) < 4.78 is 5.77. The third-order valence-electron chi connectivity index (χ3n) is 5.18. The minimum absolute atomic E-state index is 0.0471. The highest BCUT2D eigenvalue weighted by atomic mass is 16.5. The van der Waals surface area contributed by atoms with Crippen LogP contribution in [0.2, 0.25) is 0 Å². The predicted molar refractivity (Wildman–Crippen MR) is 95.9 cm³/mol. The van der Waals surface area contributed by atoms with E-state index in [-0.39, 0.29) is 23.9 Å². The summed E-state index contributed by atoms with van der Waals surface area (Å²) in [7, 11) is 0. The van der Waals surface area contributed by atoms with Crippen molar-refractivity contribution >= 4 is 11.9 Å². The topological polar surface area (TPSA) is 63.6 Å². The number of rotatable bonds is 12. The van der Waals surface area contributed by atoms with Crippen molar-refractivity contribution in [2.24, 2.45) is 11.8 Å². The zero-order valence-electron chi connectivity index (χ0n) is 15.6. The van der Waals surface area contributed by atoms with Crippen LogP contribution in [-0.2, 0) is 14.3 Å². The van der Waals surface area contributed by atoms with Crippen LogP contribution in [0, 0.1) is 11.8 Å². The molecule has 0 aliphatic heterocycles. The summed E-state index contributed by atoms with van der Waals surface area (Å²) in [6.45, 7) is 4.35. The minimum Gasteiger partial charge on any atom is -0.481 e. The molecule has 0 radical (unpaired) electrons. The van der Waals surface area contributed by atoms with Gasteiger partial charge in [-0.2, -0.15) is 0 Å². The van der Waals surface area contributed by atoms with E-state index in [0.29, 0.717) is 25.7 Å². The van der Waals surface area contributed by atoms with Gasteiger partial charge in [-0.1, -0.05) is 52.4 Å². The molecule has 4 nitrogen and oxygen atoms in total. The first-order chi connectivity index (χ1) is 11.6. The van der Waals surface area contributed by atoms with Gasteiger partial charge in [-0.15, -0.1) is 0 Å². The lowest BCUT2D eigenvalue weighted by atomic mass is 9.82. The average molecular weight is 341 g/mol.